The van der Waals surface area contributed by atoms with Gasteiger partial charge in [0.25, 0.3) is 0 Å². The molecular weight excluding hydrogens is 158 g/mol. The maximum Gasteiger partial charge on any atom is 0.358 e. The number of rotatable bonds is 2. The van der Waals surface area contributed by atoms with Gasteiger partial charge in [-0.25, -0.2) is 9.78 Å². The fourth-order valence-corrected chi connectivity index (χ4v) is 0.947. The maximum atomic E-state index is 10.5. The molecule has 3 N–H and O–H groups in total. The minimum Gasteiger partial charge on any atom is -0.476 e. The molecule has 0 bridgehead atoms. The van der Waals surface area contributed by atoms with Gasteiger partial charge in [0.15, 0.2) is 5.69 Å². The normalized spacial score (nSPS) is 10.6. The molecule has 0 aliphatic carbocycles. The van der Waals surface area contributed by atoms with E-state index in [2.05, 4.69) is 4.98 Å². The molecule has 66 valence electrons. The van der Waals surface area contributed by atoms with Crippen LogP contribution < -0.4 is 5.73 Å². The second-order valence-corrected chi connectivity index (χ2v) is 2.78. The number of hydrogen-bond donors (Lipinski definition) is 2. The van der Waals surface area contributed by atoms with E-state index in [0.717, 1.165) is 0 Å². The standard InChI is InChI=1S/C7H11N3O2/c1-4(2)10-3-9-5(6(10)8)7(11)12/h3-4H,8H2,1-2H3,(H,11,12). The summed E-state index contributed by atoms with van der Waals surface area (Å²) in [7, 11) is 0. The molecule has 5 nitrogen and oxygen atoms in total. The van der Waals surface area contributed by atoms with E-state index < -0.39 is 5.97 Å². The third-order valence-electron chi connectivity index (χ3n) is 1.59. The number of carboxylic acid groups (broad SMARTS) is 1. The Morgan fingerprint density at radius 2 is 2.33 bits per heavy atom. The predicted octanol–water partition coefficient (Wildman–Crippen LogP) is 0.744. The van der Waals surface area contributed by atoms with Gasteiger partial charge >= 0.3 is 5.97 Å². The smallest absolute Gasteiger partial charge is 0.358 e. The summed E-state index contributed by atoms with van der Waals surface area (Å²) >= 11 is 0. The van der Waals surface area contributed by atoms with Gasteiger partial charge in [-0.2, -0.15) is 0 Å². The summed E-state index contributed by atoms with van der Waals surface area (Å²) in [6.45, 7) is 3.81. The van der Waals surface area contributed by atoms with Crippen molar-refractivity contribution in [2.75, 3.05) is 5.73 Å². The van der Waals surface area contributed by atoms with Crippen molar-refractivity contribution < 1.29 is 9.90 Å². The third kappa shape index (κ3) is 1.25. The van der Waals surface area contributed by atoms with Crippen molar-refractivity contribution in [3.63, 3.8) is 0 Å². The van der Waals surface area contributed by atoms with Crippen molar-refractivity contribution in [2.24, 2.45) is 0 Å². The molecule has 0 aliphatic rings. The van der Waals surface area contributed by atoms with Gasteiger partial charge in [0, 0.05) is 6.04 Å². The number of hydrogen-bond acceptors (Lipinski definition) is 3. The topological polar surface area (TPSA) is 81.1 Å². The molecular formula is C7H11N3O2. The van der Waals surface area contributed by atoms with Crippen molar-refractivity contribution in [1.29, 1.82) is 0 Å². The first-order valence-electron chi connectivity index (χ1n) is 3.59. The molecule has 0 aromatic carbocycles. The van der Waals surface area contributed by atoms with Gasteiger partial charge in [-0.3, -0.25) is 0 Å². The van der Waals surface area contributed by atoms with E-state index in [-0.39, 0.29) is 17.6 Å². The van der Waals surface area contributed by atoms with Crippen LogP contribution in [-0.4, -0.2) is 20.6 Å². The molecule has 1 heterocycles. The second-order valence-electron chi connectivity index (χ2n) is 2.78. The average Bonchev–Trinajstić information content (AvgIpc) is 2.30. The van der Waals surface area contributed by atoms with E-state index in [1.807, 2.05) is 13.8 Å². The van der Waals surface area contributed by atoms with E-state index in [9.17, 15) is 4.79 Å². The van der Waals surface area contributed by atoms with Crippen molar-refractivity contribution in [1.82, 2.24) is 9.55 Å². The summed E-state index contributed by atoms with van der Waals surface area (Å²) in [6.07, 6.45) is 1.43. The molecule has 0 amide bonds. The second kappa shape index (κ2) is 2.84. The summed E-state index contributed by atoms with van der Waals surface area (Å²) in [5.74, 6) is -0.885. The van der Waals surface area contributed by atoms with E-state index in [1.54, 1.807) is 4.57 Å². The van der Waals surface area contributed by atoms with Crippen molar-refractivity contribution in [3.8, 4) is 0 Å². The van der Waals surface area contributed by atoms with E-state index in [4.69, 9.17) is 10.8 Å². The van der Waals surface area contributed by atoms with Gasteiger partial charge in [0.2, 0.25) is 0 Å². The zero-order chi connectivity index (χ0) is 9.30. The van der Waals surface area contributed by atoms with Crippen LogP contribution in [0.4, 0.5) is 5.82 Å². The Bertz CT molecular complexity index is 304. The largest absolute Gasteiger partial charge is 0.476 e. The third-order valence-corrected chi connectivity index (χ3v) is 1.59. The van der Waals surface area contributed by atoms with Gasteiger partial charge in [-0.1, -0.05) is 0 Å². The van der Waals surface area contributed by atoms with Crippen LogP contribution in [0.15, 0.2) is 6.33 Å². The van der Waals surface area contributed by atoms with Gasteiger partial charge in [-0.05, 0) is 13.8 Å². The minimum absolute atomic E-state index is 0.0799. The number of anilines is 1. The van der Waals surface area contributed by atoms with Crippen LogP contribution in [-0.2, 0) is 0 Å². The molecule has 0 unspecified atom stereocenters. The highest BCUT2D eigenvalue weighted by atomic mass is 16.4. The van der Waals surface area contributed by atoms with Crippen LogP contribution in [0.2, 0.25) is 0 Å². The molecule has 0 fully saturated rings. The molecule has 1 rings (SSSR count). The Balaban J connectivity index is 3.13. The van der Waals surface area contributed by atoms with Crippen LogP contribution in [0.3, 0.4) is 0 Å². The molecule has 0 atom stereocenters. The lowest BCUT2D eigenvalue weighted by atomic mass is 10.3. The summed E-state index contributed by atoms with van der Waals surface area (Å²) in [4.78, 5) is 14.2. The number of carbonyl (C=O) groups is 1. The lowest BCUT2D eigenvalue weighted by Gasteiger charge is -2.07. The van der Waals surface area contributed by atoms with E-state index >= 15 is 0 Å². The molecule has 0 aliphatic heterocycles. The molecule has 5 heteroatoms. The lowest BCUT2D eigenvalue weighted by molar-refractivity contribution is 0.0692. The summed E-state index contributed by atoms with van der Waals surface area (Å²) in [5, 5.41) is 8.60. The summed E-state index contributed by atoms with van der Waals surface area (Å²) in [6, 6.07) is 0.130. The van der Waals surface area contributed by atoms with Crippen molar-refractivity contribution in [2.45, 2.75) is 19.9 Å². The lowest BCUT2D eigenvalue weighted by Crippen LogP contribution is -2.07. The Kier molecular flexibility index (Phi) is 2.03. The number of nitrogens with zero attached hydrogens (tertiary/aromatic N) is 2. The summed E-state index contributed by atoms with van der Waals surface area (Å²) < 4.78 is 1.61. The van der Waals surface area contributed by atoms with E-state index in [1.165, 1.54) is 6.33 Å². The van der Waals surface area contributed by atoms with Crippen LogP contribution in [0.5, 0.6) is 0 Å². The Labute approximate surface area is 69.8 Å². The SMILES string of the molecule is CC(C)n1cnc(C(=O)O)c1N. The fraction of sp³-hybridized carbons (Fsp3) is 0.429. The number of nitrogens with two attached hydrogens (primary N) is 1. The molecule has 0 radical (unpaired) electrons. The maximum absolute atomic E-state index is 10.5. The van der Waals surface area contributed by atoms with Crippen LogP contribution in [0, 0.1) is 0 Å². The van der Waals surface area contributed by atoms with Crippen molar-refractivity contribution >= 4 is 11.8 Å². The van der Waals surface area contributed by atoms with Gasteiger partial charge in [-0.15, -0.1) is 0 Å². The Hall–Kier alpha value is -1.52. The molecule has 1 aromatic heterocycles. The zero-order valence-electron chi connectivity index (χ0n) is 6.98. The van der Waals surface area contributed by atoms with E-state index in [0.29, 0.717) is 0 Å². The fourth-order valence-electron chi connectivity index (χ4n) is 0.947. The number of aromatic carboxylic acids is 1. The monoisotopic (exact) mass is 169 g/mol. The van der Waals surface area contributed by atoms with Gasteiger partial charge < -0.3 is 15.4 Å². The molecule has 0 spiro atoms. The number of carboxylic acids is 1. The summed E-state index contributed by atoms with van der Waals surface area (Å²) in [5.41, 5.74) is 5.44. The first-order valence-corrected chi connectivity index (χ1v) is 3.59. The van der Waals surface area contributed by atoms with Crippen LogP contribution >= 0.6 is 0 Å². The predicted molar refractivity (Wildman–Crippen MR) is 44.0 cm³/mol. The first-order chi connectivity index (χ1) is 5.54. The van der Waals surface area contributed by atoms with Gasteiger partial charge in [0.05, 0.1) is 6.33 Å². The minimum atomic E-state index is -1.09. The molecule has 0 saturated heterocycles. The average molecular weight is 169 g/mol. The quantitative estimate of drug-likeness (QED) is 0.684. The van der Waals surface area contributed by atoms with Gasteiger partial charge in [0.1, 0.15) is 5.82 Å². The molecule has 1 aromatic rings. The Morgan fingerprint density at radius 1 is 1.75 bits per heavy atom. The molecule has 0 saturated carbocycles. The highest BCUT2D eigenvalue weighted by Crippen LogP contribution is 2.15. The highest BCUT2D eigenvalue weighted by Gasteiger charge is 2.14. The highest BCUT2D eigenvalue weighted by molar-refractivity contribution is 5.90. The first kappa shape index (κ1) is 8.58. The molecule has 12 heavy (non-hydrogen) atoms. The zero-order valence-corrected chi connectivity index (χ0v) is 6.98. The number of imidazole rings is 1. The van der Waals surface area contributed by atoms with Crippen molar-refractivity contribution in [3.05, 3.63) is 12.0 Å². The number of nitrogen functional groups attached to an aromatic ring is 1. The number of aromatic nitrogens is 2. The van der Waals surface area contributed by atoms with Crippen LogP contribution in [0.25, 0.3) is 0 Å². The van der Waals surface area contributed by atoms with Crippen LogP contribution in [0.1, 0.15) is 30.4 Å². The Morgan fingerprint density at radius 3 is 2.58 bits per heavy atom.